The minimum Gasteiger partial charge on any atom is -0.478 e. The van der Waals surface area contributed by atoms with Crippen LogP contribution in [0.2, 0.25) is 0 Å². The van der Waals surface area contributed by atoms with Crippen molar-refractivity contribution in [3.05, 3.63) is 65.2 Å². The highest BCUT2D eigenvalue weighted by Gasteiger charge is 2.16. The lowest BCUT2D eigenvalue weighted by Crippen LogP contribution is -2.28. The maximum Gasteiger partial charge on any atom is 0.335 e. The Morgan fingerprint density at radius 2 is 2.00 bits per heavy atom. The van der Waals surface area contributed by atoms with Crippen LogP contribution in [0.4, 0.5) is 5.69 Å². The van der Waals surface area contributed by atoms with Crippen molar-refractivity contribution in [3.63, 3.8) is 0 Å². The fraction of sp³-hybridized carbons (Fsp3) is 0.235. The summed E-state index contributed by atoms with van der Waals surface area (Å²) in [6, 6.07) is 15.7. The van der Waals surface area contributed by atoms with Crippen LogP contribution in [0, 0.1) is 0 Å². The summed E-state index contributed by atoms with van der Waals surface area (Å²) < 4.78 is 0. The molecule has 1 heterocycles. The molecule has 3 nitrogen and oxygen atoms in total. The van der Waals surface area contributed by atoms with Gasteiger partial charge >= 0.3 is 5.97 Å². The molecule has 0 spiro atoms. The second-order valence-electron chi connectivity index (χ2n) is 5.16. The van der Waals surface area contributed by atoms with E-state index >= 15 is 0 Å². The fourth-order valence-corrected chi connectivity index (χ4v) is 2.80. The van der Waals surface area contributed by atoms with E-state index in [1.54, 1.807) is 12.1 Å². The first-order valence-corrected chi connectivity index (χ1v) is 6.89. The molecule has 2 aromatic carbocycles. The first-order valence-electron chi connectivity index (χ1n) is 6.89. The summed E-state index contributed by atoms with van der Waals surface area (Å²) in [5, 5.41) is 9.06. The summed E-state index contributed by atoms with van der Waals surface area (Å²) in [5.74, 6) is -0.870. The van der Waals surface area contributed by atoms with E-state index in [-0.39, 0.29) is 0 Å². The highest BCUT2D eigenvalue weighted by molar-refractivity contribution is 5.87. The molecule has 0 saturated heterocycles. The quantitative estimate of drug-likeness (QED) is 0.927. The number of aryl methyl sites for hydroxylation is 1. The van der Waals surface area contributed by atoms with Gasteiger partial charge in [-0.15, -0.1) is 0 Å². The molecule has 102 valence electrons. The fourth-order valence-electron chi connectivity index (χ4n) is 2.80. The predicted molar refractivity (Wildman–Crippen MR) is 79.2 cm³/mol. The Hall–Kier alpha value is -2.29. The third-order valence-electron chi connectivity index (χ3n) is 3.75. The lowest BCUT2D eigenvalue weighted by Gasteiger charge is -2.31. The van der Waals surface area contributed by atoms with Crippen molar-refractivity contribution in [2.45, 2.75) is 19.4 Å². The molecule has 1 aliphatic heterocycles. The second-order valence-corrected chi connectivity index (χ2v) is 5.16. The largest absolute Gasteiger partial charge is 0.478 e. The van der Waals surface area contributed by atoms with Gasteiger partial charge in [0.25, 0.3) is 0 Å². The predicted octanol–water partition coefficient (Wildman–Crippen LogP) is 3.34. The number of carboxylic acids is 1. The van der Waals surface area contributed by atoms with Crippen molar-refractivity contribution in [2.75, 3.05) is 11.4 Å². The van der Waals surface area contributed by atoms with Gasteiger partial charge in [-0.3, -0.25) is 0 Å². The number of carbonyl (C=O) groups is 1. The molecule has 0 unspecified atom stereocenters. The van der Waals surface area contributed by atoms with Gasteiger partial charge in [0, 0.05) is 18.8 Å². The molecule has 0 fully saturated rings. The van der Waals surface area contributed by atoms with Gasteiger partial charge < -0.3 is 10.0 Å². The van der Waals surface area contributed by atoms with Crippen LogP contribution in [-0.4, -0.2) is 17.6 Å². The molecule has 0 aromatic heterocycles. The van der Waals surface area contributed by atoms with Crippen LogP contribution in [0.15, 0.2) is 48.5 Å². The molecule has 0 atom stereocenters. The number of para-hydroxylation sites is 1. The molecule has 2 aromatic rings. The molecule has 3 heteroatoms. The summed E-state index contributed by atoms with van der Waals surface area (Å²) in [5.41, 5.74) is 4.06. The molecule has 0 saturated carbocycles. The molecular weight excluding hydrogens is 250 g/mol. The van der Waals surface area contributed by atoms with E-state index in [4.69, 9.17) is 5.11 Å². The first-order chi connectivity index (χ1) is 9.74. The average Bonchev–Trinajstić information content (AvgIpc) is 2.48. The number of aromatic carboxylic acids is 1. The molecule has 0 aliphatic carbocycles. The number of hydrogen-bond acceptors (Lipinski definition) is 2. The van der Waals surface area contributed by atoms with Crippen molar-refractivity contribution in [1.29, 1.82) is 0 Å². The number of hydrogen-bond donors (Lipinski definition) is 1. The second kappa shape index (κ2) is 5.37. The molecule has 20 heavy (non-hydrogen) atoms. The zero-order chi connectivity index (χ0) is 13.9. The van der Waals surface area contributed by atoms with Gasteiger partial charge in [0.2, 0.25) is 0 Å². The highest BCUT2D eigenvalue weighted by Crippen LogP contribution is 2.28. The number of fused-ring (bicyclic) bond motifs is 1. The summed E-state index contributed by atoms with van der Waals surface area (Å²) >= 11 is 0. The van der Waals surface area contributed by atoms with Crippen LogP contribution >= 0.6 is 0 Å². The van der Waals surface area contributed by atoms with E-state index in [2.05, 4.69) is 29.2 Å². The normalized spacial score (nSPS) is 13.9. The Labute approximate surface area is 118 Å². The number of rotatable bonds is 3. The molecule has 0 radical (unpaired) electrons. The third kappa shape index (κ3) is 2.52. The Morgan fingerprint density at radius 1 is 1.15 bits per heavy atom. The van der Waals surface area contributed by atoms with E-state index in [1.165, 1.54) is 11.3 Å². The monoisotopic (exact) mass is 267 g/mol. The minimum atomic E-state index is -0.870. The van der Waals surface area contributed by atoms with Crippen molar-refractivity contribution in [3.8, 4) is 0 Å². The standard InChI is InChI=1S/C17H17NO2/c19-17(20)15-7-3-5-13(11-15)12-18-10-4-8-14-6-1-2-9-16(14)18/h1-3,5-7,9,11H,4,8,10,12H2,(H,19,20). The Kier molecular flexibility index (Phi) is 3.42. The number of carboxylic acid groups (broad SMARTS) is 1. The van der Waals surface area contributed by atoms with Crippen LogP contribution in [-0.2, 0) is 13.0 Å². The smallest absolute Gasteiger partial charge is 0.335 e. The Bertz CT molecular complexity index is 636. The van der Waals surface area contributed by atoms with E-state index in [0.29, 0.717) is 5.56 Å². The summed E-state index contributed by atoms with van der Waals surface area (Å²) in [6.07, 6.45) is 2.28. The van der Waals surface area contributed by atoms with Crippen molar-refractivity contribution >= 4 is 11.7 Å². The van der Waals surface area contributed by atoms with Crippen molar-refractivity contribution in [1.82, 2.24) is 0 Å². The third-order valence-corrected chi connectivity index (χ3v) is 3.75. The summed E-state index contributed by atoms with van der Waals surface area (Å²) in [4.78, 5) is 13.4. The molecule has 0 bridgehead atoms. The van der Waals surface area contributed by atoms with E-state index in [9.17, 15) is 4.79 Å². The van der Waals surface area contributed by atoms with Crippen LogP contribution in [0.5, 0.6) is 0 Å². The molecule has 1 N–H and O–H groups in total. The SMILES string of the molecule is O=C(O)c1cccc(CN2CCCc3ccccc32)c1. The zero-order valence-corrected chi connectivity index (χ0v) is 11.2. The van der Waals surface area contributed by atoms with Gasteiger partial charge in [0.15, 0.2) is 0 Å². The van der Waals surface area contributed by atoms with Gasteiger partial charge in [-0.25, -0.2) is 4.79 Å². The van der Waals surface area contributed by atoms with Crippen molar-refractivity contribution in [2.24, 2.45) is 0 Å². The maximum absolute atomic E-state index is 11.0. The molecule has 0 amide bonds. The molecular formula is C17H17NO2. The van der Waals surface area contributed by atoms with E-state index in [0.717, 1.165) is 31.5 Å². The van der Waals surface area contributed by atoms with Gasteiger partial charge in [-0.2, -0.15) is 0 Å². The van der Waals surface area contributed by atoms with Gasteiger partial charge in [-0.1, -0.05) is 30.3 Å². The lowest BCUT2D eigenvalue weighted by molar-refractivity contribution is 0.0696. The average molecular weight is 267 g/mol. The van der Waals surface area contributed by atoms with Gasteiger partial charge in [0.05, 0.1) is 5.56 Å². The number of nitrogens with zero attached hydrogens (tertiary/aromatic N) is 1. The highest BCUT2D eigenvalue weighted by atomic mass is 16.4. The van der Waals surface area contributed by atoms with E-state index < -0.39 is 5.97 Å². The van der Waals surface area contributed by atoms with Crippen LogP contribution in [0.3, 0.4) is 0 Å². The van der Waals surface area contributed by atoms with Gasteiger partial charge in [-0.05, 0) is 42.2 Å². The zero-order valence-electron chi connectivity index (χ0n) is 11.2. The summed E-state index contributed by atoms with van der Waals surface area (Å²) in [7, 11) is 0. The lowest BCUT2D eigenvalue weighted by atomic mass is 10.0. The molecule has 3 rings (SSSR count). The first kappa shape index (κ1) is 12.7. The van der Waals surface area contributed by atoms with Crippen molar-refractivity contribution < 1.29 is 9.90 Å². The maximum atomic E-state index is 11.0. The minimum absolute atomic E-state index is 0.354. The Morgan fingerprint density at radius 3 is 2.85 bits per heavy atom. The van der Waals surface area contributed by atoms with Crippen LogP contribution in [0.25, 0.3) is 0 Å². The van der Waals surface area contributed by atoms with E-state index in [1.807, 2.05) is 12.1 Å². The van der Waals surface area contributed by atoms with Crippen LogP contribution < -0.4 is 4.90 Å². The summed E-state index contributed by atoms with van der Waals surface area (Å²) in [6.45, 7) is 1.78. The Balaban J connectivity index is 1.85. The van der Waals surface area contributed by atoms with Crippen LogP contribution in [0.1, 0.15) is 27.9 Å². The van der Waals surface area contributed by atoms with Gasteiger partial charge in [0.1, 0.15) is 0 Å². The molecule has 1 aliphatic rings. The number of anilines is 1. The topological polar surface area (TPSA) is 40.5 Å². The number of benzene rings is 2.